The van der Waals surface area contributed by atoms with Gasteiger partial charge in [0.15, 0.2) is 0 Å². The van der Waals surface area contributed by atoms with Crippen LogP contribution < -0.4 is 5.32 Å². The molecule has 0 radical (unpaired) electrons. The lowest BCUT2D eigenvalue weighted by atomic mass is 9.95. The molecule has 88 valence electrons. The highest BCUT2D eigenvalue weighted by Gasteiger charge is 2.40. The van der Waals surface area contributed by atoms with Crippen LogP contribution in [-0.2, 0) is 18.3 Å². The summed E-state index contributed by atoms with van der Waals surface area (Å²) >= 11 is 0. The largest absolute Gasteiger partial charge is 0.373 e. The van der Waals surface area contributed by atoms with Gasteiger partial charge >= 0.3 is 0 Å². The van der Waals surface area contributed by atoms with Gasteiger partial charge in [0, 0.05) is 13.1 Å². The monoisotopic (exact) mass is 222 g/mol. The fraction of sp³-hybridized carbons (Fsp3) is 0.818. The predicted octanol–water partition coefficient (Wildman–Crippen LogP) is 0.533. The number of ether oxygens (including phenoxy) is 1. The Morgan fingerprint density at radius 3 is 2.88 bits per heavy atom. The van der Waals surface area contributed by atoms with E-state index in [2.05, 4.69) is 15.5 Å². The van der Waals surface area contributed by atoms with Crippen LogP contribution in [0.2, 0.25) is 0 Å². The molecule has 3 atom stereocenters. The molecule has 5 heteroatoms. The number of nitrogens with one attached hydrogen (secondary N) is 1. The van der Waals surface area contributed by atoms with Gasteiger partial charge in [0.05, 0.1) is 18.8 Å². The summed E-state index contributed by atoms with van der Waals surface area (Å²) in [5.41, 5.74) is 0. The summed E-state index contributed by atoms with van der Waals surface area (Å²) < 4.78 is 7.83. The highest BCUT2D eigenvalue weighted by Crippen LogP contribution is 2.34. The van der Waals surface area contributed by atoms with Crippen molar-refractivity contribution < 1.29 is 4.74 Å². The minimum atomic E-state index is 0.430. The molecule has 0 amide bonds. The molecule has 0 spiro atoms. The second-order valence-electron chi connectivity index (χ2n) is 4.82. The number of aromatic nitrogens is 3. The predicted molar refractivity (Wildman–Crippen MR) is 58.9 cm³/mol. The molecule has 1 aromatic rings. The summed E-state index contributed by atoms with van der Waals surface area (Å²) in [7, 11) is 2.00. The number of rotatable bonds is 3. The summed E-state index contributed by atoms with van der Waals surface area (Å²) in [6, 6.07) is 0.510. The topological polar surface area (TPSA) is 52.0 Å². The minimum absolute atomic E-state index is 0.430. The van der Waals surface area contributed by atoms with Crippen molar-refractivity contribution in [3.8, 4) is 0 Å². The molecule has 16 heavy (non-hydrogen) atoms. The van der Waals surface area contributed by atoms with Crippen LogP contribution in [0, 0.1) is 6.92 Å². The van der Waals surface area contributed by atoms with Crippen molar-refractivity contribution in [2.75, 3.05) is 0 Å². The maximum absolute atomic E-state index is 5.80. The molecule has 2 bridgehead atoms. The number of hydrogen-bond acceptors (Lipinski definition) is 4. The molecule has 1 N–H and O–H groups in total. The van der Waals surface area contributed by atoms with E-state index in [0.29, 0.717) is 18.2 Å². The standard InChI is InChI=1S/C11H18N4O/c1-7-13-14-11(15(7)2)6-12-9-5-8-3-4-10(9)16-8/h8-10,12H,3-6H2,1-2H3. The molecule has 0 aromatic carbocycles. The summed E-state index contributed by atoms with van der Waals surface area (Å²) in [4.78, 5) is 0. The van der Waals surface area contributed by atoms with E-state index in [1.165, 1.54) is 12.8 Å². The molecule has 2 aliphatic heterocycles. The van der Waals surface area contributed by atoms with Crippen LogP contribution in [0.5, 0.6) is 0 Å². The third-order valence-corrected chi connectivity index (χ3v) is 3.81. The van der Waals surface area contributed by atoms with E-state index in [-0.39, 0.29) is 0 Å². The van der Waals surface area contributed by atoms with Gasteiger partial charge in [-0.15, -0.1) is 10.2 Å². The lowest BCUT2D eigenvalue weighted by Gasteiger charge is -2.19. The molecule has 0 saturated carbocycles. The van der Waals surface area contributed by atoms with Gasteiger partial charge in [-0.3, -0.25) is 0 Å². The molecule has 2 aliphatic rings. The van der Waals surface area contributed by atoms with Crippen LogP contribution in [0.15, 0.2) is 0 Å². The zero-order valence-electron chi connectivity index (χ0n) is 9.81. The zero-order chi connectivity index (χ0) is 11.1. The lowest BCUT2D eigenvalue weighted by molar-refractivity contribution is 0.0971. The van der Waals surface area contributed by atoms with Gasteiger partial charge in [0.25, 0.3) is 0 Å². The van der Waals surface area contributed by atoms with E-state index in [1.807, 2.05) is 18.5 Å². The summed E-state index contributed by atoms with van der Waals surface area (Å²) in [6.45, 7) is 2.76. The highest BCUT2D eigenvalue weighted by molar-refractivity contribution is 4.97. The Hall–Kier alpha value is -0.940. The van der Waals surface area contributed by atoms with Crippen LogP contribution in [-0.4, -0.2) is 33.0 Å². The van der Waals surface area contributed by atoms with Gasteiger partial charge in [-0.05, 0) is 26.2 Å². The van der Waals surface area contributed by atoms with E-state index >= 15 is 0 Å². The third-order valence-electron chi connectivity index (χ3n) is 3.81. The Morgan fingerprint density at radius 1 is 1.44 bits per heavy atom. The molecule has 0 aliphatic carbocycles. The second kappa shape index (κ2) is 3.82. The smallest absolute Gasteiger partial charge is 0.146 e. The first-order chi connectivity index (χ1) is 7.74. The first kappa shape index (κ1) is 10.2. The quantitative estimate of drug-likeness (QED) is 0.810. The molecule has 3 unspecified atom stereocenters. The maximum Gasteiger partial charge on any atom is 0.146 e. The average molecular weight is 222 g/mol. The summed E-state index contributed by atoms with van der Waals surface area (Å²) in [6.07, 6.45) is 4.54. The van der Waals surface area contributed by atoms with E-state index in [1.54, 1.807) is 0 Å². The van der Waals surface area contributed by atoms with Gasteiger partial charge in [0.2, 0.25) is 0 Å². The van der Waals surface area contributed by atoms with E-state index in [0.717, 1.165) is 24.6 Å². The normalized spacial score (nSPS) is 32.5. The van der Waals surface area contributed by atoms with Crippen molar-refractivity contribution in [1.29, 1.82) is 0 Å². The van der Waals surface area contributed by atoms with Crippen molar-refractivity contribution in [1.82, 2.24) is 20.1 Å². The molecular weight excluding hydrogens is 204 g/mol. The van der Waals surface area contributed by atoms with Gasteiger partial charge in [-0.25, -0.2) is 0 Å². The second-order valence-corrected chi connectivity index (χ2v) is 4.82. The Bertz CT molecular complexity index is 389. The Kier molecular flexibility index (Phi) is 2.44. The first-order valence-electron chi connectivity index (χ1n) is 5.98. The zero-order valence-corrected chi connectivity index (χ0v) is 9.81. The van der Waals surface area contributed by atoms with Crippen LogP contribution in [0.4, 0.5) is 0 Å². The van der Waals surface area contributed by atoms with Crippen molar-refractivity contribution in [3.63, 3.8) is 0 Å². The van der Waals surface area contributed by atoms with Crippen LogP contribution in [0.3, 0.4) is 0 Å². The molecule has 5 nitrogen and oxygen atoms in total. The molecule has 2 fully saturated rings. The number of fused-ring (bicyclic) bond motifs is 2. The van der Waals surface area contributed by atoms with Gasteiger partial charge in [-0.1, -0.05) is 0 Å². The van der Waals surface area contributed by atoms with Gasteiger partial charge in [-0.2, -0.15) is 0 Å². The SMILES string of the molecule is Cc1nnc(CNC2CC3CCC2O3)n1C. The summed E-state index contributed by atoms with van der Waals surface area (Å²) in [5, 5.41) is 11.7. The fourth-order valence-corrected chi connectivity index (χ4v) is 2.68. The number of aryl methyl sites for hydroxylation is 1. The Labute approximate surface area is 95.2 Å². The molecule has 2 saturated heterocycles. The number of nitrogens with zero attached hydrogens (tertiary/aromatic N) is 3. The van der Waals surface area contributed by atoms with Gasteiger partial charge < -0.3 is 14.6 Å². The Balaban J connectivity index is 1.59. The van der Waals surface area contributed by atoms with Crippen molar-refractivity contribution in [2.24, 2.45) is 7.05 Å². The molecule has 1 aromatic heterocycles. The molecule has 3 rings (SSSR count). The van der Waals surface area contributed by atoms with E-state index in [4.69, 9.17) is 4.74 Å². The van der Waals surface area contributed by atoms with E-state index in [9.17, 15) is 0 Å². The van der Waals surface area contributed by atoms with Crippen LogP contribution in [0.1, 0.15) is 30.9 Å². The van der Waals surface area contributed by atoms with E-state index < -0.39 is 0 Å². The number of hydrogen-bond donors (Lipinski definition) is 1. The minimum Gasteiger partial charge on any atom is -0.373 e. The summed E-state index contributed by atoms with van der Waals surface area (Å²) in [5.74, 6) is 1.96. The van der Waals surface area contributed by atoms with Crippen molar-refractivity contribution in [3.05, 3.63) is 11.6 Å². The Morgan fingerprint density at radius 2 is 2.31 bits per heavy atom. The van der Waals surface area contributed by atoms with Crippen molar-refractivity contribution >= 4 is 0 Å². The maximum atomic E-state index is 5.80. The third kappa shape index (κ3) is 1.64. The van der Waals surface area contributed by atoms with Crippen LogP contribution in [0.25, 0.3) is 0 Å². The average Bonchev–Trinajstić information content (AvgIpc) is 2.95. The first-order valence-corrected chi connectivity index (χ1v) is 5.98. The van der Waals surface area contributed by atoms with Crippen LogP contribution >= 0.6 is 0 Å². The fourth-order valence-electron chi connectivity index (χ4n) is 2.68. The lowest BCUT2D eigenvalue weighted by Crippen LogP contribution is -2.37. The van der Waals surface area contributed by atoms with Crippen molar-refractivity contribution in [2.45, 2.75) is 51.0 Å². The van der Waals surface area contributed by atoms with Gasteiger partial charge in [0.1, 0.15) is 11.6 Å². The molecule has 3 heterocycles. The highest BCUT2D eigenvalue weighted by atomic mass is 16.5. The molecular formula is C11H18N4O.